The average Bonchev–Trinajstić information content (AvgIpc) is 2.37. The number of carboxylic acid groups (broad SMARTS) is 1. The van der Waals surface area contributed by atoms with Gasteiger partial charge in [0, 0.05) is 0 Å². The molecular weight excluding hydrogens is 280 g/mol. The highest BCUT2D eigenvalue weighted by atomic mass is 32.2. The highest BCUT2D eigenvalue weighted by Gasteiger charge is 2.23. The van der Waals surface area contributed by atoms with Crippen LogP contribution < -0.4 is 4.72 Å². The Hall–Kier alpha value is -1.91. The smallest absolute Gasteiger partial charge is 0.321 e. The molecule has 0 fully saturated rings. The molecule has 0 bridgehead atoms. The van der Waals surface area contributed by atoms with Gasteiger partial charge in [0.15, 0.2) is 0 Å². The van der Waals surface area contributed by atoms with Gasteiger partial charge >= 0.3 is 5.97 Å². The fourth-order valence-electron chi connectivity index (χ4n) is 1.73. The molecule has 0 aliphatic heterocycles. The van der Waals surface area contributed by atoms with Crippen molar-refractivity contribution in [3.8, 4) is 6.07 Å². The zero-order valence-electron chi connectivity index (χ0n) is 11.0. The highest BCUT2D eigenvalue weighted by Crippen LogP contribution is 2.09. The molecule has 1 rings (SSSR count). The second-order valence-electron chi connectivity index (χ2n) is 4.37. The lowest BCUT2D eigenvalue weighted by atomic mass is 10.2. The Balaban J connectivity index is 2.83. The second kappa shape index (κ2) is 7.03. The van der Waals surface area contributed by atoms with E-state index in [1.807, 2.05) is 6.07 Å². The third-order valence-corrected chi connectivity index (χ3v) is 3.97. The quantitative estimate of drug-likeness (QED) is 0.787. The van der Waals surface area contributed by atoms with E-state index in [1.165, 1.54) is 6.07 Å². The van der Waals surface area contributed by atoms with Crippen LogP contribution in [0.4, 0.5) is 0 Å². The van der Waals surface area contributed by atoms with E-state index in [4.69, 9.17) is 10.4 Å². The van der Waals surface area contributed by atoms with Gasteiger partial charge in [-0.2, -0.15) is 5.26 Å². The van der Waals surface area contributed by atoms with E-state index >= 15 is 0 Å². The first-order valence-corrected chi connectivity index (χ1v) is 7.75. The van der Waals surface area contributed by atoms with Gasteiger partial charge in [0.1, 0.15) is 6.04 Å². The van der Waals surface area contributed by atoms with Crippen molar-refractivity contribution in [2.75, 3.05) is 0 Å². The van der Waals surface area contributed by atoms with Crippen molar-refractivity contribution in [3.05, 3.63) is 35.4 Å². The van der Waals surface area contributed by atoms with E-state index in [0.717, 1.165) is 0 Å². The van der Waals surface area contributed by atoms with Crippen molar-refractivity contribution in [1.82, 2.24) is 4.72 Å². The molecule has 20 heavy (non-hydrogen) atoms. The lowest BCUT2D eigenvalue weighted by Gasteiger charge is -2.13. The summed E-state index contributed by atoms with van der Waals surface area (Å²) < 4.78 is 26.0. The third-order valence-electron chi connectivity index (χ3n) is 2.61. The molecule has 2 N–H and O–H groups in total. The van der Waals surface area contributed by atoms with E-state index in [-0.39, 0.29) is 12.2 Å². The van der Waals surface area contributed by atoms with Gasteiger partial charge in [-0.25, -0.2) is 13.1 Å². The van der Waals surface area contributed by atoms with Crippen molar-refractivity contribution in [3.63, 3.8) is 0 Å². The van der Waals surface area contributed by atoms with Crippen LogP contribution in [-0.4, -0.2) is 25.5 Å². The largest absolute Gasteiger partial charge is 0.480 e. The molecule has 0 aliphatic carbocycles. The van der Waals surface area contributed by atoms with Gasteiger partial charge in [-0.05, 0) is 24.1 Å². The molecule has 0 radical (unpaired) electrons. The molecular formula is C13H16N2O4S. The molecule has 0 saturated carbocycles. The number of nitrogens with zero attached hydrogens (tertiary/aromatic N) is 1. The standard InChI is InChI=1S/C13H16N2O4S/c1-2-4-12(13(16)17)15-20(18,19)9-11-6-3-5-10(7-11)8-14/h3,5-7,12,15H,2,4,9H2,1H3,(H,16,17). The number of nitriles is 1. The number of sulfonamides is 1. The van der Waals surface area contributed by atoms with Crippen molar-refractivity contribution in [1.29, 1.82) is 5.26 Å². The second-order valence-corrected chi connectivity index (χ2v) is 6.12. The summed E-state index contributed by atoms with van der Waals surface area (Å²) in [5.74, 6) is -1.54. The van der Waals surface area contributed by atoms with E-state index in [1.54, 1.807) is 25.1 Å². The Labute approximate surface area is 118 Å². The van der Waals surface area contributed by atoms with Gasteiger partial charge in [-0.15, -0.1) is 0 Å². The number of carboxylic acids is 1. The molecule has 0 amide bonds. The number of rotatable bonds is 7. The fourth-order valence-corrected chi connectivity index (χ4v) is 3.08. The average molecular weight is 296 g/mol. The topological polar surface area (TPSA) is 107 Å². The number of hydrogen-bond acceptors (Lipinski definition) is 4. The maximum atomic E-state index is 11.9. The Kier molecular flexibility index (Phi) is 5.67. The minimum atomic E-state index is -3.77. The van der Waals surface area contributed by atoms with Crippen LogP contribution >= 0.6 is 0 Å². The molecule has 0 aliphatic rings. The van der Waals surface area contributed by atoms with E-state index < -0.39 is 22.0 Å². The lowest BCUT2D eigenvalue weighted by molar-refractivity contribution is -0.139. The summed E-state index contributed by atoms with van der Waals surface area (Å²) in [7, 11) is -3.77. The Bertz CT molecular complexity index is 620. The molecule has 0 heterocycles. The van der Waals surface area contributed by atoms with Crippen LogP contribution in [0, 0.1) is 11.3 Å². The summed E-state index contributed by atoms with van der Waals surface area (Å²) in [5, 5.41) is 17.7. The Morgan fingerprint density at radius 3 is 2.75 bits per heavy atom. The highest BCUT2D eigenvalue weighted by molar-refractivity contribution is 7.88. The number of aliphatic carboxylic acids is 1. The normalized spacial score (nSPS) is 12.6. The van der Waals surface area contributed by atoms with Crippen LogP contribution in [0.1, 0.15) is 30.9 Å². The Morgan fingerprint density at radius 2 is 2.20 bits per heavy atom. The van der Waals surface area contributed by atoms with Gasteiger partial charge in [0.25, 0.3) is 0 Å². The molecule has 1 aromatic carbocycles. The summed E-state index contributed by atoms with van der Waals surface area (Å²) >= 11 is 0. The molecule has 6 nitrogen and oxygen atoms in total. The Morgan fingerprint density at radius 1 is 1.50 bits per heavy atom. The van der Waals surface area contributed by atoms with Crippen LogP contribution in [0.5, 0.6) is 0 Å². The van der Waals surface area contributed by atoms with Crippen molar-refractivity contribution >= 4 is 16.0 Å². The predicted molar refractivity (Wildman–Crippen MR) is 73.2 cm³/mol. The minimum Gasteiger partial charge on any atom is -0.480 e. The molecule has 7 heteroatoms. The molecule has 0 spiro atoms. The van der Waals surface area contributed by atoms with Gasteiger partial charge in [0.2, 0.25) is 10.0 Å². The van der Waals surface area contributed by atoms with Crippen LogP contribution in [0.25, 0.3) is 0 Å². The molecule has 1 atom stereocenters. The summed E-state index contributed by atoms with van der Waals surface area (Å²) in [6.45, 7) is 1.78. The number of benzene rings is 1. The first-order chi connectivity index (χ1) is 9.38. The van der Waals surface area contributed by atoms with E-state index in [2.05, 4.69) is 4.72 Å². The number of nitrogens with one attached hydrogen (secondary N) is 1. The van der Waals surface area contributed by atoms with Crippen LogP contribution in [-0.2, 0) is 20.6 Å². The van der Waals surface area contributed by atoms with Gasteiger partial charge in [0.05, 0.1) is 17.4 Å². The number of hydrogen-bond donors (Lipinski definition) is 2. The number of carbonyl (C=O) groups is 1. The van der Waals surface area contributed by atoms with Crippen LogP contribution in [0.3, 0.4) is 0 Å². The zero-order valence-corrected chi connectivity index (χ0v) is 11.9. The summed E-state index contributed by atoms with van der Waals surface area (Å²) in [4.78, 5) is 11.0. The monoisotopic (exact) mass is 296 g/mol. The van der Waals surface area contributed by atoms with Crippen molar-refractivity contribution in [2.24, 2.45) is 0 Å². The molecule has 108 valence electrons. The van der Waals surface area contributed by atoms with E-state index in [9.17, 15) is 13.2 Å². The minimum absolute atomic E-state index is 0.229. The van der Waals surface area contributed by atoms with Crippen molar-refractivity contribution in [2.45, 2.75) is 31.6 Å². The molecule has 0 saturated heterocycles. The first-order valence-electron chi connectivity index (χ1n) is 6.10. The maximum Gasteiger partial charge on any atom is 0.321 e. The predicted octanol–water partition coefficient (Wildman–Crippen LogP) is 1.23. The fraction of sp³-hybridized carbons (Fsp3) is 0.385. The van der Waals surface area contributed by atoms with Crippen LogP contribution in [0.15, 0.2) is 24.3 Å². The zero-order chi connectivity index (χ0) is 15.2. The van der Waals surface area contributed by atoms with Gasteiger partial charge in [-0.1, -0.05) is 25.5 Å². The van der Waals surface area contributed by atoms with Gasteiger partial charge in [-0.3, -0.25) is 4.79 Å². The lowest BCUT2D eigenvalue weighted by Crippen LogP contribution is -2.41. The summed E-state index contributed by atoms with van der Waals surface area (Å²) in [6, 6.07) is 7.01. The maximum absolute atomic E-state index is 11.9. The molecule has 1 unspecified atom stereocenters. The van der Waals surface area contributed by atoms with E-state index in [0.29, 0.717) is 17.5 Å². The molecule has 0 aromatic heterocycles. The van der Waals surface area contributed by atoms with Gasteiger partial charge < -0.3 is 5.11 Å². The summed E-state index contributed by atoms with van der Waals surface area (Å²) in [5.41, 5.74) is 0.804. The van der Waals surface area contributed by atoms with Crippen LogP contribution in [0.2, 0.25) is 0 Å². The SMILES string of the molecule is CCCC(NS(=O)(=O)Cc1cccc(C#N)c1)C(=O)O. The first kappa shape index (κ1) is 16.1. The summed E-state index contributed by atoms with van der Waals surface area (Å²) in [6.07, 6.45) is 0.788. The van der Waals surface area contributed by atoms with Crippen molar-refractivity contribution < 1.29 is 18.3 Å². The molecule has 1 aromatic rings. The third kappa shape index (κ3) is 4.99.